The van der Waals surface area contributed by atoms with E-state index >= 15 is 0 Å². The number of aryl methyl sites for hydroxylation is 2. The quantitative estimate of drug-likeness (QED) is 0.140. The number of benzene rings is 1. The Kier molecular flexibility index (Phi) is 14.5. The molecular weight excluding hydrogens is 449 g/mol. The summed E-state index contributed by atoms with van der Waals surface area (Å²) in [6.45, 7) is 12.4. The lowest BCUT2D eigenvalue weighted by atomic mass is 10.0. The molecule has 0 saturated heterocycles. The van der Waals surface area contributed by atoms with Gasteiger partial charge in [0.15, 0.2) is 0 Å². The van der Waals surface area contributed by atoms with Crippen LogP contribution in [0.15, 0.2) is 27.9 Å². The van der Waals surface area contributed by atoms with Crippen LogP contribution in [0.2, 0.25) is 0 Å². The predicted molar refractivity (Wildman–Crippen MR) is 135 cm³/mol. The fourth-order valence-electron chi connectivity index (χ4n) is 2.91. The molecule has 0 heterocycles. The van der Waals surface area contributed by atoms with Crippen LogP contribution in [0, 0.1) is 0 Å². The van der Waals surface area contributed by atoms with Gasteiger partial charge in [-0.05, 0) is 82.2 Å². The van der Waals surface area contributed by atoms with Crippen molar-refractivity contribution in [3.8, 4) is 11.5 Å². The summed E-state index contributed by atoms with van der Waals surface area (Å²) in [5.74, 6) is 1.81. The Morgan fingerprint density at radius 2 is 1.53 bits per heavy atom. The van der Waals surface area contributed by atoms with E-state index in [9.17, 15) is 0 Å². The summed E-state index contributed by atoms with van der Waals surface area (Å²) in [4.78, 5) is 5.26. The van der Waals surface area contributed by atoms with Crippen LogP contribution in [-0.4, -0.2) is 38.2 Å². The van der Waals surface area contributed by atoms with Crippen LogP contribution in [0.25, 0.3) is 0 Å². The van der Waals surface area contributed by atoms with Gasteiger partial charge in [0.1, 0.15) is 28.2 Å². The Morgan fingerprint density at radius 1 is 0.906 bits per heavy atom. The third-order valence-electron chi connectivity index (χ3n) is 4.49. The van der Waals surface area contributed by atoms with Gasteiger partial charge in [0.05, 0.1) is 19.4 Å². The maximum atomic E-state index is 6.17. The molecule has 7 heteroatoms. The van der Waals surface area contributed by atoms with Crippen LogP contribution in [0.1, 0.15) is 71.4 Å². The minimum absolute atomic E-state index is 0.211. The molecule has 0 unspecified atom stereocenters. The third kappa shape index (κ3) is 13.2. The molecule has 1 aromatic rings. The Bertz CT molecular complexity index is 685. The SMILES string of the molecule is CCc1cc(OCC=C(Cl)Cl)cc(CC)c1OCCCCCCOC/C=N/OC(C)(C)C. The van der Waals surface area contributed by atoms with E-state index in [0.717, 1.165) is 67.8 Å². The van der Waals surface area contributed by atoms with Gasteiger partial charge < -0.3 is 19.0 Å². The second-order valence-electron chi connectivity index (χ2n) is 8.41. The molecule has 0 bridgehead atoms. The van der Waals surface area contributed by atoms with E-state index in [1.807, 2.05) is 32.9 Å². The van der Waals surface area contributed by atoms with Crippen LogP contribution in [0.3, 0.4) is 0 Å². The monoisotopic (exact) mass is 487 g/mol. The molecule has 0 spiro atoms. The number of nitrogens with zero attached hydrogens (tertiary/aromatic N) is 1. The molecule has 0 fully saturated rings. The Morgan fingerprint density at radius 3 is 2.09 bits per heavy atom. The average molecular weight is 488 g/mol. The van der Waals surface area contributed by atoms with Gasteiger partial charge in [0.2, 0.25) is 0 Å². The number of hydrogen-bond donors (Lipinski definition) is 0. The minimum atomic E-state index is -0.263. The van der Waals surface area contributed by atoms with Gasteiger partial charge in [-0.25, -0.2) is 0 Å². The fourth-order valence-corrected chi connectivity index (χ4v) is 3.04. The van der Waals surface area contributed by atoms with E-state index in [2.05, 4.69) is 19.0 Å². The highest BCUT2D eigenvalue weighted by atomic mass is 35.5. The molecular formula is C25H39Cl2NO4. The lowest BCUT2D eigenvalue weighted by molar-refractivity contribution is 0.000667. The van der Waals surface area contributed by atoms with Crippen molar-refractivity contribution in [3.05, 3.63) is 33.8 Å². The van der Waals surface area contributed by atoms with Crippen molar-refractivity contribution in [1.29, 1.82) is 0 Å². The second-order valence-corrected chi connectivity index (χ2v) is 9.42. The van der Waals surface area contributed by atoms with E-state index in [4.69, 9.17) is 42.3 Å². The summed E-state index contributed by atoms with van der Waals surface area (Å²) in [7, 11) is 0. The summed E-state index contributed by atoms with van der Waals surface area (Å²) >= 11 is 11.3. The van der Waals surface area contributed by atoms with E-state index in [1.54, 1.807) is 12.3 Å². The summed E-state index contributed by atoms with van der Waals surface area (Å²) in [6, 6.07) is 4.08. The lowest BCUT2D eigenvalue weighted by Gasteiger charge is -2.17. The maximum absolute atomic E-state index is 6.17. The van der Waals surface area contributed by atoms with E-state index < -0.39 is 0 Å². The van der Waals surface area contributed by atoms with Gasteiger partial charge in [-0.2, -0.15) is 0 Å². The predicted octanol–water partition coefficient (Wildman–Crippen LogP) is 7.27. The van der Waals surface area contributed by atoms with E-state index in [0.29, 0.717) is 19.8 Å². The van der Waals surface area contributed by atoms with Gasteiger partial charge in [-0.3, -0.25) is 0 Å². The first-order valence-corrected chi connectivity index (χ1v) is 12.2. The molecule has 0 atom stereocenters. The molecule has 5 nitrogen and oxygen atoms in total. The minimum Gasteiger partial charge on any atom is -0.493 e. The summed E-state index contributed by atoms with van der Waals surface area (Å²) < 4.78 is 17.7. The zero-order valence-corrected chi connectivity index (χ0v) is 21.7. The Balaban J connectivity index is 2.31. The molecule has 0 aliphatic rings. The molecule has 0 radical (unpaired) electrons. The molecule has 0 saturated carbocycles. The van der Waals surface area contributed by atoms with Crippen molar-refractivity contribution in [2.24, 2.45) is 5.16 Å². The van der Waals surface area contributed by atoms with Gasteiger partial charge in [0, 0.05) is 6.61 Å². The van der Waals surface area contributed by atoms with Crippen LogP contribution in [-0.2, 0) is 22.4 Å². The number of oxime groups is 1. The van der Waals surface area contributed by atoms with Crippen LogP contribution in [0.4, 0.5) is 0 Å². The normalized spacial score (nSPS) is 11.6. The fraction of sp³-hybridized carbons (Fsp3) is 0.640. The van der Waals surface area contributed by atoms with Crippen LogP contribution in [0.5, 0.6) is 11.5 Å². The summed E-state index contributed by atoms with van der Waals surface area (Å²) in [5.41, 5.74) is 2.05. The number of unbranched alkanes of at least 4 members (excludes halogenated alkanes) is 3. The van der Waals surface area contributed by atoms with Crippen molar-refractivity contribution < 1.29 is 19.0 Å². The molecule has 0 N–H and O–H groups in total. The largest absolute Gasteiger partial charge is 0.493 e. The standard InChI is InChI=1S/C25H39Cl2NO4/c1-6-20-18-22(30-16-12-23(26)27)19-21(7-2)24(20)31-15-11-9-8-10-14-29-17-13-28-32-25(3,4)5/h12-13,18-19H,6-11,14-17H2,1-5H3/b28-13+. The smallest absolute Gasteiger partial charge is 0.129 e. The first-order valence-electron chi connectivity index (χ1n) is 11.5. The first kappa shape index (κ1) is 28.6. The maximum Gasteiger partial charge on any atom is 0.129 e. The van der Waals surface area contributed by atoms with Crippen molar-refractivity contribution in [2.75, 3.05) is 26.4 Å². The lowest BCUT2D eigenvalue weighted by Crippen LogP contribution is -2.15. The molecule has 0 amide bonds. The molecule has 1 aromatic carbocycles. The molecule has 0 aliphatic carbocycles. The molecule has 32 heavy (non-hydrogen) atoms. The third-order valence-corrected chi connectivity index (χ3v) is 4.80. The molecule has 0 aliphatic heterocycles. The van der Waals surface area contributed by atoms with Gasteiger partial charge in [-0.1, -0.05) is 48.6 Å². The van der Waals surface area contributed by atoms with E-state index in [1.165, 1.54) is 0 Å². The summed E-state index contributed by atoms with van der Waals surface area (Å²) in [6.07, 6.45) is 9.33. The molecule has 1 rings (SSSR count). The van der Waals surface area contributed by atoms with Crippen LogP contribution >= 0.6 is 23.2 Å². The zero-order valence-electron chi connectivity index (χ0n) is 20.2. The Hall–Kier alpha value is -1.43. The van der Waals surface area contributed by atoms with Crippen molar-refractivity contribution in [1.82, 2.24) is 0 Å². The number of hydrogen-bond acceptors (Lipinski definition) is 5. The zero-order chi connectivity index (χ0) is 23.8. The highest BCUT2D eigenvalue weighted by Crippen LogP contribution is 2.31. The topological polar surface area (TPSA) is 49.3 Å². The second kappa shape index (κ2) is 16.2. The van der Waals surface area contributed by atoms with E-state index in [-0.39, 0.29) is 10.1 Å². The van der Waals surface area contributed by atoms with Gasteiger partial charge in [0.25, 0.3) is 0 Å². The van der Waals surface area contributed by atoms with Gasteiger partial charge in [-0.15, -0.1) is 0 Å². The van der Waals surface area contributed by atoms with Crippen molar-refractivity contribution in [2.45, 2.75) is 78.7 Å². The Labute approximate surface area is 204 Å². The first-order chi connectivity index (χ1) is 15.3. The van der Waals surface area contributed by atoms with Crippen LogP contribution < -0.4 is 9.47 Å². The highest BCUT2D eigenvalue weighted by Gasteiger charge is 2.11. The number of rotatable bonds is 16. The number of ether oxygens (including phenoxy) is 3. The number of halogens is 2. The van der Waals surface area contributed by atoms with Gasteiger partial charge >= 0.3 is 0 Å². The average Bonchev–Trinajstić information content (AvgIpc) is 2.73. The van der Waals surface area contributed by atoms with Crippen molar-refractivity contribution in [3.63, 3.8) is 0 Å². The molecule has 182 valence electrons. The van der Waals surface area contributed by atoms with Crippen molar-refractivity contribution >= 4 is 29.4 Å². The summed E-state index contributed by atoms with van der Waals surface area (Å²) in [5, 5.41) is 3.90. The molecule has 0 aromatic heterocycles. The highest BCUT2D eigenvalue weighted by molar-refractivity contribution is 6.55.